The predicted molar refractivity (Wildman–Crippen MR) is 62.5 cm³/mol. The van der Waals surface area contributed by atoms with E-state index in [0.717, 1.165) is 13.1 Å². The Morgan fingerprint density at radius 3 is 2.18 bits per heavy atom. The van der Waals surface area contributed by atoms with Crippen molar-refractivity contribution in [1.82, 2.24) is 5.32 Å². The normalized spacial score (nSPS) is 19.5. The highest BCUT2D eigenvalue weighted by Crippen LogP contribution is 2.29. The highest BCUT2D eigenvalue weighted by atomic mass is 16.7. The van der Waals surface area contributed by atoms with Crippen molar-refractivity contribution in [2.75, 3.05) is 13.1 Å². The molecule has 5 nitrogen and oxygen atoms in total. The Morgan fingerprint density at radius 2 is 1.71 bits per heavy atom. The number of esters is 1. The third-order valence-corrected chi connectivity index (χ3v) is 2.77. The van der Waals surface area contributed by atoms with Gasteiger partial charge in [0, 0.05) is 0 Å². The number of hydrogen-bond donors (Lipinski definition) is 1. The number of carbonyl (C=O) groups is 2. The largest absolute Gasteiger partial charge is 0.516 e. The summed E-state index contributed by atoms with van der Waals surface area (Å²) >= 11 is 0. The van der Waals surface area contributed by atoms with Crippen molar-refractivity contribution >= 4 is 12.1 Å². The summed E-state index contributed by atoms with van der Waals surface area (Å²) in [5, 5.41) is 3.16. The molecule has 1 N–H and O–H groups in total. The number of ether oxygens (including phenoxy) is 2. The molecule has 0 spiro atoms. The first-order valence-electron chi connectivity index (χ1n) is 5.89. The number of piperidine rings is 1. The molecule has 17 heavy (non-hydrogen) atoms. The topological polar surface area (TPSA) is 64.6 Å². The molecule has 0 radical (unpaired) electrons. The van der Waals surface area contributed by atoms with Gasteiger partial charge in [-0.3, -0.25) is 4.79 Å². The average molecular weight is 243 g/mol. The fourth-order valence-electron chi connectivity index (χ4n) is 1.65. The second kappa shape index (κ2) is 5.04. The van der Waals surface area contributed by atoms with Gasteiger partial charge in [0.2, 0.25) is 0 Å². The van der Waals surface area contributed by atoms with Gasteiger partial charge in [-0.15, -0.1) is 0 Å². The van der Waals surface area contributed by atoms with Crippen LogP contribution in [0.4, 0.5) is 4.79 Å². The first kappa shape index (κ1) is 14.0. The quantitative estimate of drug-likeness (QED) is 0.562. The maximum Gasteiger partial charge on any atom is 0.516 e. The second-order valence-electron chi connectivity index (χ2n) is 5.66. The fourth-order valence-corrected chi connectivity index (χ4v) is 1.65. The van der Waals surface area contributed by atoms with Gasteiger partial charge in [0.1, 0.15) is 5.60 Å². The van der Waals surface area contributed by atoms with Gasteiger partial charge < -0.3 is 14.8 Å². The van der Waals surface area contributed by atoms with Gasteiger partial charge in [0.25, 0.3) is 0 Å². The first-order valence-corrected chi connectivity index (χ1v) is 5.89. The molecule has 0 aromatic heterocycles. The minimum atomic E-state index is -0.915. The van der Waals surface area contributed by atoms with Crippen LogP contribution in [0.5, 0.6) is 0 Å². The zero-order valence-corrected chi connectivity index (χ0v) is 11.0. The Labute approximate surface area is 102 Å². The fraction of sp³-hybridized carbons (Fsp3) is 0.833. The lowest BCUT2D eigenvalue weighted by atomic mass is 9.81. The molecule has 1 rings (SSSR count). The molecule has 0 aromatic carbocycles. The third-order valence-electron chi connectivity index (χ3n) is 2.77. The lowest BCUT2D eigenvalue weighted by Gasteiger charge is -2.31. The summed E-state index contributed by atoms with van der Waals surface area (Å²) in [6.07, 6.45) is 0.436. The van der Waals surface area contributed by atoms with Gasteiger partial charge in [-0.25, -0.2) is 4.79 Å². The van der Waals surface area contributed by atoms with E-state index in [-0.39, 0.29) is 0 Å². The minimum absolute atomic E-state index is 0.492. The molecular weight excluding hydrogens is 222 g/mol. The average Bonchev–Trinajstić information content (AvgIpc) is 2.15. The number of carbonyl (C=O) groups excluding carboxylic acids is 2. The molecule has 98 valence electrons. The minimum Gasteiger partial charge on any atom is -0.428 e. The summed E-state index contributed by atoms with van der Waals surface area (Å²) in [5.41, 5.74) is -1.23. The lowest BCUT2D eigenvalue weighted by Crippen LogP contribution is -2.42. The molecular formula is C12H21NO4. The zero-order chi connectivity index (χ0) is 13.1. The smallest absolute Gasteiger partial charge is 0.428 e. The van der Waals surface area contributed by atoms with Gasteiger partial charge >= 0.3 is 12.1 Å². The van der Waals surface area contributed by atoms with Crippen LogP contribution >= 0.6 is 0 Å². The van der Waals surface area contributed by atoms with Crippen molar-refractivity contribution < 1.29 is 19.1 Å². The summed E-state index contributed by atoms with van der Waals surface area (Å²) < 4.78 is 9.69. The summed E-state index contributed by atoms with van der Waals surface area (Å²) in [7, 11) is 0. The maximum absolute atomic E-state index is 11.9. The Kier molecular flexibility index (Phi) is 4.14. The van der Waals surface area contributed by atoms with Crippen LogP contribution in [0.3, 0.4) is 0 Å². The Balaban J connectivity index is 2.51. The summed E-state index contributed by atoms with van der Waals surface area (Å²) in [5.74, 6) is -0.492. The molecule has 1 saturated heterocycles. The van der Waals surface area contributed by atoms with Gasteiger partial charge in [0.05, 0.1) is 5.41 Å². The zero-order valence-electron chi connectivity index (χ0n) is 11.0. The lowest BCUT2D eigenvalue weighted by molar-refractivity contribution is -0.153. The molecule has 0 unspecified atom stereocenters. The Bertz CT molecular complexity index is 300. The van der Waals surface area contributed by atoms with E-state index in [9.17, 15) is 9.59 Å². The highest BCUT2D eigenvalue weighted by molar-refractivity contribution is 5.86. The van der Waals surface area contributed by atoms with Crippen LogP contribution in [0.25, 0.3) is 0 Å². The first-order chi connectivity index (χ1) is 7.73. The van der Waals surface area contributed by atoms with E-state index < -0.39 is 23.1 Å². The van der Waals surface area contributed by atoms with Crippen molar-refractivity contribution in [3.05, 3.63) is 0 Å². The second-order valence-corrected chi connectivity index (χ2v) is 5.66. The molecule has 0 aliphatic carbocycles. The van der Waals surface area contributed by atoms with E-state index in [4.69, 9.17) is 9.47 Å². The van der Waals surface area contributed by atoms with E-state index >= 15 is 0 Å². The Hall–Kier alpha value is -1.10. The van der Waals surface area contributed by atoms with E-state index in [2.05, 4.69) is 5.32 Å². The van der Waals surface area contributed by atoms with Crippen molar-refractivity contribution in [3.63, 3.8) is 0 Å². The van der Waals surface area contributed by atoms with Crippen LogP contribution in [0.2, 0.25) is 0 Å². The van der Waals surface area contributed by atoms with Crippen LogP contribution in [0.1, 0.15) is 40.5 Å². The number of rotatable bonds is 1. The van der Waals surface area contributed by atoms with E-state index in [1.54, 1.807) is 20.8 Å². The van der Waals surface area contributed by atoms with Crippen molar-refractivity contribution in [2.24, 2.45) is 5.41 Å². The van der Waals surface area contributed by atoms with Crippen molar-refractivity contribution in [2.45, 2.75) is 46.1 Å². The Morgan fingerprint density at radius 1 is 1.18 bits per heavy atom. The third kappa shape index (κ3) is 4.34. The van der Waals surface area contributed by atoms with Gasteiger partial charge in [-0.05, 0) is 53.6 Å². The molecule has 0 bridgehead atoms. The molecule has 0 saturated carbocycles. The van der Waals surface area contributed by atoms with Crippen LogP contribution < -0.4 is 5.32 Å². The molecule has 0 amide bonds. The van der Waals surface area contributed by atoms with Crippen LogP contribution in [0.15, 0.2) is 0 Å². The standard InChI is InChI=1S/C12H21NO4/c1-11(2,3)17-10(15)16-9(14)12(4)5-7-13-8-6-12/h13H,5-8H2,1-4H3. The van der Waals surface area contributed by atoms with Gasteiger partial charge in [-0.2, -0.15) is 0 Å². The molecule has 1 aliphatic heterocycles. The summed E-state index contributed by atoms with van der Waals surface area (Å²) in [4.78, 5) is 23.2. The number of nitrogens with one attached hydrogen (secondary N) is 1. The summed E-state index contributed by atoms with van der Waals surface area (Å²) in [6, 6.07) is 0. The number of hydrogen-bond acceptors (Lipinski definition) is 5. The molecule has 1 heterocycles. The monoisotopic (exact) mass is 243 g/mol. The van der Waals surface area contributed by atoms with Gasteiger partial charge in [-0.1, -0.05) is 0 Å². The molecule has 0 aromatic rings. The molecule has 5 heteroatoms. The van der Waals surface area contributed by atoms with E-state index in [1.807, 2.05) is 6.92 Å². The van der Waals surface area contributed by atoms with Crippen molar-refractivity contribution in [3.8, 4) is 0 Å². The highest BCUT2D eigenvalue weighted by Gasteiger charge is 2.38. The SMILES string of the molecule is CC(C)(C)OC(=O)OC(=O)C1(C)CCNCC1. The molecule has 1 aliphatic rings. The van der Waals surface area contributed by atoms with Crippen LogP contribution in [-0.4, -0.2) is 30.8 Å². The maximum atomic E-state index is 11.9. The molecule has 0 atom stereocenters. The van der Waals surface area contributed by atoms with E-state index in [1.165, 1.54) is 0 Å². The predicted octanol–water partition coefficient (Wildman–Crippen LogP) is 1.85. The van der Waals surface area contributed by atoms with Gasteiger partial charge in [0.15, 0.2) is 0 Å². The van der Waals surface area contributed by atoms with Crippen LogP contribution in [-0.2, 0) is 14.3 Å². The van der Waals surface area contributed by atoms with E-state index in [0.29, 0.717) is 12.8 Å². The molecule has 1 fully saturated rings. The summed E-state index contributed by atoms with van der Waals surface area (Å²) in [6.45, 7) is 8.53. The van der Waals surface area contributed by atoms with Crippen molar-refractivity contribution in [1.29, 1.82) is 0 Å². The van der Waals surface area contributed by atoms with Crippen LogP contribution in [0, 0.1) is 5.41 Å².